The van der Waals surface area contributed by atoms with Crippen molar-refractivity contribution in [1.82, 2.24) is 5.32 Å². The highest BCUT2D eigenvalue weighted by Gasteiger charge is 2.24. The molecule has 41 heavy (non-hydrogen) atoms. The maximum absolute atomic E-state index is 12.5. The monoisotopic (exact) mass is 586 g/mol. The lowest BCUT2D eigenvalue weighted by atomic mass is 10.1. The van der Waals surface area contributed by atoms with Crippen LogP contribution < -0.4 is 24.3 Å². The lowest BCUT2D eigenvalue weighted by Gasteiger charge is -2.14. The summed E-state index contributed by atoms with van der Waals surface area (Å²) in [6, 6.07) is 28.3. The van der Waals surface area contributed by atoms with E-state index in [0.717, 1.165) is 16.7 Å². The van der Waals surface area contributed by atoms with Gasteiger partial charge in [-0.2, -0.15) is 0 Å². The van der Waals surface area contributed by atoms with E-state index in [-0.39, 0.29) is 5.91 Å². The molecule has 4 aromatic carbocycles. The highest BCUT2D eigenvalue weighted by molar-refractivity contribution is 8.18. The summed E-state index contributed by atoms with van der Waals surface area (Å²) in [5.41, 5.74) is 3.48. The molecule has 9 heteroatoms. The number of hydrogen-bond acceptors (Lipinski definition) is 7. The van der Waals surface area contributed by atoms with Gasteiger partial charge in [0, 0.05) is 5.02 Å². The average molecular weight is 587 g/mol. The Hall–Kier alpha value is -4.40. The molecule has 0 aromatic heterocycles. The smallest absolute Gasteiger partial charge is 0.264 e. The van der Waals surface area contributed by atoms with Crippen LogP contribution >= 0.6 is 23.4 Å². The highest BCUT2D eigenvalue weighted by atomic mass is 35.5. The van der Waals surface area contributed by atoms with Gasteiger partial charge in [-0.15, -0.1) is 0 Å². The molecule has 1 N–H and O–H groups in total. The molecule has 1 fully saturated rings. The topological polar surface area (TPSA) is 78.4 Å². The Balaban J connectivity index is 1.23. The third-order valence-corrected chi connectivity index (χ3v) is 7.21. The van der Waals surface area contributed by atoms with Crippen molar-refractivity contribution in [1.29, 1.82) is 0 Å². The first-order valence-corrected chi connectivity index (χ1v) is 13.9. The van der Waals surface area contributed by atoms with E-state index < -0.39 is 0 Å². The van der Waals surface area contributed by atoms with E-state index in [2.05, 4.69) is 10.3 Å². The van der Waals surface area contributed by atoms with Crippen LogP contribution in [0.5, 0.6) is 23.0 Å². The Morgan fingerprint density at radius 3 is 2.15 bits per heavy atom. The minimum atomic E-state index is -0.216. The molecule has 0 unspecified atom stereocenters. The van der Waals surface area contributed by atoms with Gasteiger partial charge in [0.15, 0.2) is 28.2 Å². The van der Waals surface area contributed by atoms with Gasteiger partial charge in [-0.3, -0.25) is 4.79 Å². The van der Waals surface area contributed by atoms with E-state index in [9.17, 15) is 4.79 Å². The molecule has 1 heterocycles. The molecule has 0 spiro atoms. The number of nitrogens with zero attached hydrogens (tertiary/aromatic N) is 1. The minimum absolute atomic E-state index is 0.216. The predicted molar refractivity (Wildman–Crippen MR) is 163 cm³/mol. The second-order valence-electron chi connectivity index (χ2n) is 8.92. The summed E-state index contributed by atoms with van der Waals surface area (Å²) in [6.45, 7) is 0.748. The Bertz CT molecular complexity index is 1590. The van der Waals surface area contributed by atoms with E-state index in [1.165, 1.54) is 11.8 Å². The standard InChI is InChI=1S/C32H27ClN2O5S/c1-37-28-16-22(18-30-31(36)35-32(41-30)34-25-12-10-24(33)11-13-25)8-14-26(28)40-20-23-9-15-27(29(17-23)38-2)39-19-21-6-4-3-5-7-21/h3-18H,19-20H2,1-2H3,(H,34,35,36)/b30-18+. The maximum Gasteiger partial charge on any atom is 0.264 e. The fourth-order valence-electron chi connectivity index (χ4n) is 3.98. The van der Waals surface area contributed by atoms with E-state index >= 15 is 0 Å². The summed E-state index contributed by atoms with van der Waals surface area (Å²) in [5.74, 6) is 2.19. The Morgan fingerprint density at radius 1 is 0.780 bits per heavy atom. The molecule has 1 saturated heterocycles. The molecule has 0 atom stereocenters. The molecule has 7 nitrogen and oxygen atoms in total. The zero-order valence-electron chi connectivity index (χ0n) is 22.4. The fraction of sp³-hybridized carbons (Fsp3) is 0.125. The van der Waals surface area contributed by atoms with Gasteiger partial charge in [-0.25, -0.2) is 4.99 Å². The van der Waals surface area contributed by atoms with Gasteiger partial charge in [0.25, 0.3) is 5.91 Å². The summed E-state index contributed by atoms with van der Waals surface area (Å²) < 4.78 is 23.1. The predicted octanol–water partition coefficient (Wildman–Crippen LogP) is 7.41. The lowest BCUT2D eigenvalue weighted by Crippen LogP contribution is -2.19. The largest absolute Gasteiger partial charge is 0.493 e. The molecule has 208 valence electrons. The number of carbonyl (C=O) groups excluding carboxylic acids is 1. The number of thioether (sulfide) groups is 1. The molecule has 1 amide bonds. The number of amides is 1. The van der Waals surface area contributed by atoms with Gasteiger partial charge in [-0.1, -0.05) is 54.1 Å². The van der Waals surface area contributed by atoms with Crippen molar-refractivity contribution >= 4 is 46.2 Å². The van der Waals surface area contributed by atoms with E-state index in [4.69, 9.17) is 30.5 Å². The Kier molecular flexibility index (Phi) is 9.13. The SMILES string of the molecule is COc1cc(/C=C2/SC(=Nc3ccc(Cl)cc3)NC2=O)ccc1OCc1ccc(OCc2ccccc2)c(OC)c1. The van der Waals surface area contributed by atoms with Crippen LogP contribution in [0.25, 0.3) is 6.08 Å². The Morgan fingerprint density at radius 2 is 1.44 bits per heavy atom. The first-order valence-electron chi connectivity index (χ1n) is 12.7. The van der Waals surface area contributed by atoms with E-state index in [1.807, 2.05) is 66.7 Å². The van der Waals surface area contributed by atoms with Crippen LogP contribution in [-0.4, -0.2) is 25.3 Å². The van der Waals surface area contributed by atoms with Crippen LogP contribution in [0.1, 0.15) is 16.7 Å². The van der Waals surface area contributed by atoms with Crippen molar-refractivity contribution in [3.8, 4) is 23.0 Å². The number of halogens is 1. The van der Waals surface area contributed by atoms with Crippen LogP contribution in [0.2, 0.25) is 5.02 Å². The zero-order chi connectivity index (χ0) is 28.6. The number of methoxy groups -OCH3 is 2. The molecule has 0 radical (unpaired) electrons. The minimum Gasteiger partial charge on any atom is -0.493 e. The van der Waals surface area contributed by atoms with Crippen molar-refractivity contribution in [3.05, 3.63) is 118 Å². The fourth-order valence-corrected chi connectivity index (χ4v) is 4.94. The molecule has 0 aliphatic carbocycles. The van der Waals surface area contributed by atoms with Crippen molar-refractivity contribution in [2.24, 2.45) is 4.99 Å². The second kappa shape index (κ2) is 13.3. The zero-order valence-corrected chi connectivity index (χ0v) is 24.0. The van der Waals surface area contributed by atoms with Crippen molar-refractivity contribution in [2.45, 2.75) is 13.2 Å². The average Bonchev–Trinajstić information content (AvgIpc) is 3.34. The van der Waals surface area contributed by atoms with Crippen molar-refractivity contribution in [3.63, 3.8) is 0 Å². The van der Waals surface area contributed by atoms with Gasteiger partial charge in [-0.05, 0) is 83.1 Å². The Labute approximate surface area is 247 Å². The van der Waals surface area contributed by atoms with E-state index in [1.54, 1.807) is 44.6 Å². The van der Waals surface area contributed by atoms with Gasteiger partial charge < -0.3 is 24.3 Å². The number of nitrogens with one attached hydrogen (secondary N) is 1. The van der Waals surface area contributed by atoms with Crippen LogP contribution in [-0.2, 0) is 18.0 Å². The highest BCUT2D eigenvalue weighted by Crippen LogP contribution is 2.34. The summed E-state index contributed by atoms with van der Waals surface area (Å²) in [5, 5.41) is 3.92. The number of hydrogen-bond donors (Lipinski definition) is 1. The number of ether oxygens (including phenoxy) is 4. The number of aliphatic imine (C=N–C) groups is 1. The van der Waals surface area contributed by atoms with Crippen LogP contribution in [0.4, 0.5) is 5.69 Å². The van der Waals surface area contributed by atoms with E-state index in [0.29, 0.717) is 57.0 Å². The van der Waals surface area contributed by atoms with Gasteiger partial charge in [0.2, 0.25) is 0 Å². The number of benzene rings is 4. The summed E-state index contributed by atoms with van der Waals surface area (Å²) in [4.78, 5) is 17.5. The lowest BCUT2D eigenvalue weighted by molar-refractivity contribution is -0.115. The molecule has 0 saturated carbocycles. The third kappa shape index (κ3) is 7.42. The molecule has 0 bridgehead atoms. The van der Waals surface area contributed by atoms with Crippen LogP contribution in [0, 0.1) is 0 Å². The number of amidine groups is 1. The van der Waals surface area contributed by atoms with Gasteiger partial charge >= 0.3 is 0 Å². The summed E-state index contributed by atoms with van der Waals surface area (Å²) in [7, 11) is 3.19. The van der Waals surface area contributed by atoms with Crippen LogP contribution in [0.15, 0.2) is 101 Å². The third-order valence-electron chi connectivity index (χ3n) is 6.05. The molecule has 1 aliphatic rings. The first kappa shape index (κ1) is 28.1. The molecular weight excluding hydrogens is 560 g/mol. The second-order valence-corrected chi connectivity index (χ2v) is 10.4. The molecular formula is C32H27ClN2O5S. The summed E-state index contributed by atoms with van der Waals surface area (Å²) >= 11 is 7.20. The molecule has 1 aliphatic heterocycles. The molecule has 4 aromatic rings. The van der Waals surface area contributed by atoms with Crippen LogP contribution in [0.3, 0.4) is 0 Å². The van der Waals surface area contributed by atoms with Gasteiger partial charge in [0.1, 0.15) is 13.2 Å². The quantitative estimate of drug-likeness (QED) is 0.195. The molecule has 5 rings (SSSR count). The van der Waals surface area contributed by atoms with Crippen molar-refractivity contribution < 1.29 is 23.7 Å². The maximum atomic E-state index is 12.5. The van der Waals surface area contributed by atoms with Crippen molar-refractivity contribution in [2.75, 3.05) is 14.2 Å². The number of carbonyl (C=O) groups is 1. The first-order chi connectivity index (χ1) is 20.0. The van der Waals surface area contributed by atoms with Gasteiger partial charge in [0.05, 0.1) is 24.8 Å². The number of rotatable bonds is 10. The normalized spacial score (nSPS) is 14.7. The summed E-state index contributed by atoms with van der Waals surface area (Å²) in [6.07, 6.45) is 1.79.